The summed E-state index contributed by atoms with van der Waals surface area (Å²) in [6, 6.07) is 8.65. The second-order valence-corrected chi connectivity index (χ2v) is 5.28. The lowest BCUT2D eigenvalue weighted by Crippen LogP contribution is -2.09. The van der Waals surface area contributed by atoms with E-state index in [0.717, 1.165) is 4.88 Å². The van der Waals surface area contributed by atoms with E-state index >= 15 is 0 Å². The Morgan fingerprint density at radius 3 is 2.53 bits per heavy atom. The second kappa shape index (κ2) is 4.77. The molecular formula is C12H11ClN2OS. The number of nitrogens with two attached hydrogens (primary N) is 1. The number of carbonyl (C=O) groups is 1. The SMILES string of the molecule is Cc1sc(C(=O)Nc2ccc(Cl)cc2)cc1N. The Bertz CT molecular complexity index is 529. The molecule has 2 aromatic rings. The van der Waals surface area contributed by atoms with Crippen LogP contribution in [0.15, 0.2) is 30.3 Å². The molecule has 0 unspecified atom stereocenters. The molecule has 1 amide bonds. The molecule has 3 nitrogen and oxygen atoms in total. The molecule has 0 radical (unpaired) electrons. The smallest absolute Gasteiger partial charge is 0.265 e. The molecule has 1 aromatic carbocycles. The van der Waals surface area contributed by atoms with Crippen molar-refractivity contribution in [3.63, 3.8) is 0 Å². The van der Waals surface area contributed by atoms with Gasteiger partial charge in [0.1, 0.15) is 0 Å². The van der Waals surface area contributed by atoms with E-state index in [1.807, 2.05) is 6.92 Å². The molecule has 5 heteroatoms. The van der Waals surface area contributed by atoms with Crippen molar-refractivity contribution < 1.29 is 4.79 Å². The van der Waals surface area contributed by atoms with Gasteiger partial charge in [-0.05, 0) is 37.3 Å². The standard InChI is InChI=1S/C12H11ClN2OS/c1-7-10(14)6-11(17-7)12(16)15-9-4-2-8(13)3-5-9/h2-6H,14H2,1H3,(H,15,16). The van der Waals surface area contributed by atoms with Crippen molar-refractivity contribution in [3.8, 4) is 0 Å². The Kier molecular flexibility index (Phi) is 3.36. The van der Waals surface area contributed by atoms with Crippen LogP contribution in [0, 0.1) is 6.92 Å². The first kappa shape index (κ1) is 12.0. The number of anilines is 2. The Balaban J connectivity index is 2.14. The van der Waals surface area contributed by atoms with Gasteiger partial charge < -0.3 is 11.1 Å². The number of nitrogens with one attached hydrogen (secondary N) is 1. The summed E-state index contributed by atoms with van der Waals surface area (Å²) in [4.78, 5) is 13.4. The lowest BCUT2D eigenvalue weighted by Gasteiger charge is -2.02. The van der Waals surface area contributed by atoms with E-state index in [9.17, 15) is 4.79 Å². The van der Waals surface area contributed by atoms with E-state index in [1.54, 1.807) is 30.3 Å². The van der Waals surface area contributed by atoms with Crippen LogP contribution in [0.3, 0.4) is 0 Å². The lowest BCUT2D eigenvalue weighted by molar-refractivity contribution is 0.103. The normalized spacial score (nSPS) is 10.2. The van der Waals surface area contributed by atoms with E-state index < -0.39 is 0 Å². The lowest BCUT2D eigenvalue weighted by atomic mass is 10.3. The number of aryl methyl sites for hydroxylation is 1. The molecule has 0 atom stereocenters. The molecule has 1 heterocycles. The summed E-state index contributed by atoms with van der Waals surface area (Å²) in [5, 5.41) is 3.42. The third-order valence-corrected chi connectivity index (χ3v) is 3.60. The van der Waals surface area contributed by atoms with Crippen molar-refractivity contribution in [1.82, 2.24) is 0 Å². The highest BCUT2D eigenvalue weighted by atomic mass is 35.5. The first-order chi connectivity index (χ1) is 8.06. The maximum absolute atomic E-state index is 11.9. The number of thiophene rings is 1. The minimum absolute atomic E-state index is 0.155. The number of benzene rings is 1. The van der Waals surface area contributed by atoms with Crippen LogP contribution in [0.4, 0.5) is 11.4 Å². The zero-order valence-electron chi connectivity index (χ0n) is 9.16. The van der Waals surface area contributed by atoms with Crippen LogP contribution in [0.25, 0.3) is 0 Å². The highest BCUT2D eigenvalue weighted by Crippen LogP contribution is 2.24. The Morgan fingerprint density at radius 1 is 1.35 bits per heavy atom. The summed E-state index contributed by atoms with van der Waals surface area (Å²) in [7, 11) is 0. The van der Waals surface area contributed by atoms with Crippen molar-refractivity contribution in [1.29, 1.82) is 0 Å². The largest absolute Gasteiger partial charge is 0.398 e. The third-order valence-electron chi connectivity index (χ3n) is 2.28. The van der Waals surface area contributed by atoms with E-state index in [1.165, 1.54) is 11.3 Å². The van der Waals surface area contributed by atoms with Gasteiger partial charge in [0.2, 0.25) is 0 Å². The monoisotopic (exact) mass is 266 g/mol. The summed E-state index contributed by atoms with van der Waals surface area (Å²) >= 11 is 7.14. The molecule has 17 heavy (non-hydrogen) atoms. The predicted octanol–water partition coefficient (Wildman–Crippen LogP) is 3.54. The first-order valence-corrected chi connectivity index (χ1v) is 6.18. The van der Waals surface area contributed by atoms with Crippen LogP contribution in [0.2, 0.25) is 5.02 Å². The third kappa shape index (κ3) is 2.78. The first-order valence-electron chi connectivity index (χ1n) is 4.99. The number of rotatable bonds is 2. The van der Waals surface area contributed by atoms with Gasteiger partial charge in [0.05, 0.1) is 4.88 Å². The summed E-state index contributed by atoms with van der Waals surface area (Å²) in [6.45, 7) is 1.89. The highest BCUT2D eigenvalue weighted by molar-refractivity contribution is 7.14. The average molecular weight is 267 g/mol. The number of halogens is 1. The molecular weight excluding hydrogens is 256 g/mol. The topological polar surface area (TPSA) is 55.1 Å². The molecule has 0 spiro atoms. The zero-order valence-corrected chi connectivity index (χ0v) is 10.7. The second-order valence-electron chi connectivity index (χ2n) is 3.58. The summed E-state index contributed by atoms with van der Waals surface area (Å²) in [6.07, 6.45) is 0. The number of hydrogen-bond acceptors (Lipinski definition) is 3. The van der Waals surface area contributed by atoms with E-state index in [-0.39, 0.29) is 5.91 Å². The maximum atomic E-state index is 11.9. The number of amides is 1. The van der Waals surface area contributed by atoms with Gasteiger partial charge >= 0.3 is 0 Å². The summed E-state index contributed by atoms with van der Waals surface area (Å²) < 4.78 is 0. The van der Waals surface area contributed by atoms with Gasteiger partial charge in [0.15, 0.2) is 0 Å². The van der Waals surface area contributed by atoms with Gasteiger partial charge in [-0.25, -0.2) is 0 Å². The molecule has 2 rings (SSSR count). The molecule has 0 aliphatic carbocycles. The van der Waals surface area contributed by atoms with Gasteiger partial charge in [-0.15, -0.1) is 11.3 Å². The molecule has 1 aromatic heterocycles. The van der Waals surface area contributed by atoms with E-state index in [0.29, 0.717) is 21.3 Å². The zero-order chi connectivity index (χ0) is 12.4. The number of nitrogen functional groups attached to an aromatic ring is 1. The van der Waals surface area contributed by atoms with Crippen molar-refractivity contribution in [2.24, 2.45) is 0 Å². The minimum Gasteiger partial charge on any atom is -0.398 e. The molecule has 0 bridgehead atoms. The fourth-order valence-electron chi connectivity index (χ4n) is 1.33. The van der Waals surface area contributed by atoms with E-state index in [4.69, 9.17) is 17.3 Å². The van der Waals surface area contributed by atoms with E-state index in [2.05, 4.69) is 5.32 Å². The Labute approximate surface area is 108 Å². The maximum Gasteiger partial charge on any atom is 0.265 e. The van der Waals surface area contributed by atoms with Crippen molar-refractivity contribution >= 4 is 40.2 Å². The van der Waals surface area contributed by atoms with Crippen molar-refractivity contribution in [2.75, 3.05) is 11.1 Å². The molecule has 0 aliphatic rings. The molecule has 0 fully saturated rings. The summed E-state index contributed by atoms with van der Waals surface area (Å²) in [5.41, 5.74) is 7.07. The van der Waals surface area contributed by atoms with Gasteiger partial charge in [-0.2, -0.15) is 0 Å². The Morgan fingerprint density at radius 2 is 2.00 bits per heavy atom. The highest BCUT2D eigenvalue weighted by Gasteiger charge is 2.10. The van der Waals surface area contributed by atoms with Gasteiger partial charge in [-0.3, -0.25) is 4.79 Å². The van der Waals surface area contributed by atoms with Crippen LogP contribution in [0.1, 0.15) is 14.5 Å². The molecule has 3 N–H and O–H groups in total. The van der Waals surface area contributed by atoms with Gasteiger partial charge in [0, 0.05) is 21.3 Å². The fourth-order valence-corrected chi connectivity index (χ4v) is 2.30. The minimum atomic E-state index is -0.155. The van der Waals surface area contributed by atoms with Crippen LogP contribution < -0.4 is 11.1 Å². The van der Waals surface area contributed by atoms with Crippen LogP contribution in [-0.2, 0) is 0 Å². The van der Waals surface area contributed by atoms with Crippen LogP contribution in [-0.4, -0.2) is 5.91 Å². The number of hydrogen-bond donors (Lipinski definition) is 2. The fraction of sp³-hybridized carbons (Fsp3) is 0.0833. The molecule has 0 aliphatic heterocycles. The van der Waals surface area contributed by atoms with Crippen molar-refractivity contribution in [2.45, 2.75) is 6.92 Å². The average Bonchev–Trinajstić information content (AvgIpc) is 2.63. The van der Waals surface area contributed by atoms with Gasteiger partial charge in [0.25, 0.3) is 5.91 Å². The quantitative estimate of drug-likeness (QED) is 0.873. The van der Waals surface area contributed by atoms with Crippen molar-refractivity contribution in [3.05, 3.63) is 45.1 Å². The Hall–Kier alpha value is -1.52. The molecule has 88 valence electrons. The van der Waals surface area contributed by atoms with Crippen LogP contribution in [0.5, 0.6) is 0 Å². The van der Waals surface area contributed by atoms with Gasteiger partial charge in [-0.1, -0.05) is 11.6 Å². The number of carbonyl (C=O) groups excluding carboxylic acids is 1. The molecule has 0 saturated carbocycles. The predicted molar refractivity (Wildman–Crippen MR) is 72.9 cm³/mol. The summed E-state index contributed by atoms with van der Waals surface area (Å²) in [5.74, 6) is -0.155. The van der Waals surface area contributed by atoms with Crippen LogP contribution >= 0.6 is 22.9 Å². The molecule has 0 saturated heterocycles.